The Morgan fingerprint density at radius 3 is 2.75 bits per heavy atom. The Labute approximate surface area is 78.4 Å². The van der Waals surface area contributed by atoms with Crippen molar-refractivity contribution in [1.29, 1.82) is 0 Å². The second-order valence-corrected chi connectivity index (χ2v) is 4.85. The van der Waals surface area contributed by atoms with E-state index in [9.17, 15) is 0 Å². The molecule has 0 aromatic heterocycles. The average molecular weight is 178 g/mol. The molecule has 0 nitrogen and oxygen atoms in total. The molecule has 1 aromatic carbocycles. The molecule has 0 bridgehead atoms. The molecule has 12 heavy (non-hydrogen) atoms. The van der Waals surface area contributed by atoms with E-state index in [1.165, 1.54) is 22.6 Å². The highest BCUT2D eigenvalue weighted by Gasteiger charge is 2.13. The molecule has 1 aromatic rings. The highest BCUT2D eigenvalue weighted by Crippen LogP contribution is 2.38. The molecule has 0 saturated carbocycles. The second-order valence-electron chi connectivity index (χ2n) is 3.83. The van der Waals surface area contributed by atoms with Crippen LogP contribution in [0.15, 0.2) is 23.1 Å². The normalized spacial score (nSPS) is 14.2. The summed E-state index contributed by atoms with van der Waals surface area (Å²) in [4.78, 5) is 1.49. The predicted octanol–water partition coefficient (Wildman–Crippen LogP) is 3.49. The summed E-state index contributed by atoms with van der Waals surface area (Å²) in [7, 11) is 0. The van der Waals surface area contributed by atoms with Gasteiger partial charge >= 0.3 is 0 Å². The highest BCUT2D eigenvalue weighted by molar-refractivity contribution is 7.99. The molecule has 0 saturated heterocycles. The SMILES string of the molecule is CC(C)Cc1ccc2c(c1)CS2. The molecule has 1 heteroatoms. The van der Waals surface area contributed by atoms with Crippen molar-refractivity contribution in [2.75, 3.05) is 0 Å². The quantitative estimate of drug-likeness (QED) is 0.668. The Bertz CT molecular complexity index is 289. The monoisotopic (exact) mass is 178 g/mol. The lowest BCUT2D eigenvalue weighted by atomic mass is 10.0. The molecule has 1 aliphatic rings. The van der Waals surface area contributed by atoms with E-state index in [0.29, 0.717) is 0 Å². The van der Waals surface area contributed by atoms with Crippen molar-refractivity contribution in [3.8, 4) is 0 Å². The molecular weight excluding hydrogens is 164 g/mol. The zero-order valence-electron chi connectivity index (χ0n) is 7.63. The number of fused-ring (bicyclic) bond motifs is 1. The number of thioether (sulfide) groups is 1. The van der Waals surface area contributed by atoms with E-state index in [2.05, 4.69) is 32.0 Å². The Kier molecular flexibility index (Phi) is 2.14. The molecule has 0 amide bonds. The van der Waals surface area contributed by atoms with E-state index in [1.54, 1.807) is 5.56 Å². The van der Waals surface area contributed by atoms with Gasteiger partial charge < -0.3 is 0 Å². The molecule has 2 rings (SSSR count). The Morgan fingerprint density at radius 2 is 2.25 bits per heavy atom. The fourth-order valence-electron chi connectivity index (χ4n) is 1.56. The molecule has 0 radical (unpaired) electrons. The third kappa shape index (κ3) is 1.51. The van der Waals surface area contributed by atoms with Gasteiger partial charge in [0.15, 0.2) is 0 Å². The first-order valence-corrected chi connectivity index (χ1v) is 5.49. The topological polar surface area (TPSA) is 0 Å². The van der Waals surface area contributed by atoms with E-state index in [-0.39, 0.29) is 0 Å². The van der Waals surface area contributed by atoms with E-state index < -0.39 is 0 Å². The van der Waals surface area contributed by atoms with Crippen molar-refractivity contribution in [2.24, 2.45) is 5.92 Å². The summed E-state index contributed by atoms with van der Waals surface area (Å²) in [5, 5.41) is 0. The van der Waals surface area contributed by atoms with Crippen LogP contribution >= 0.6 is 11.8 Å². The van der Waals surface area contributed by atoms with Crippen LogP contribution in [0.1, 0.15) is 25.0 Å². The fourth-order valence-corrected chi connectivity index (χ4v) is 2.34. The minimum atomic E-state index is 0.774. The molecule has 0 atom stereocenters. The molecule has 0 aliphatic carbocycles. The molecule has 0 unspecified atom stereocenters. The van der Waals surface area contributed by atoms with E-state index in [4.69, 9.17) is 0 Å². The third-order valence-corrected chi connectivity index (χ3v) is 3.32. The average Bonchev–Trinajstić information content (AvgIpc) is 1.94. The third-order valence-electron chi connectivity index (χ3n) is 2.15. The van der Waals surface area contributed by atoms with Crippen LogP contribution in [0.3, 0.4) is 0 Å². The molecule has 64 valence electrons. The van der Waals surface area contributed by atoms with E-state index in [1.807, 2.05) is 11.8 Å². The minimum absolute atomic E-state index is 0.774. The molecule has 0 N–H and O–H groups in total. The lowest BCUT2D eigenvalue weighted by Gasteiger charge is -2.19. The summed E-state index contributed by atoms with van der Waals surface area (Å²) in [6.45, 7) is 4.54. The van der Waals surface area contributed by atoms with Gasteiger partial charge in [-0.1, -0.05) is 26.0 Å². The number of hydrogen-bond donors (Lipinski definition) is 0. The van der Waals surface area contributed by atoms with Gasteiger partial charge in [-0.25, -0.2) is 0 Å². The fraction of sp³-hybridized carbons (Fsp3) is 0.455. The zero-order valence-corrected chi connectivity index (χ0v) is 8.45. The van der Waals surface area contributed by atoms with E-state index in [0.717, 1.165) is 5.92 Å². The van der Waals surface area contributed by atoms with Crippen LogP contribution in [0.5, 0.6) is 0 Å². The standard InChI is InChI=1S/C11H14S/c1-8(2)5-9-3-4-11-10(6-9)7-12-11/h3-4,6,8H,5,7H2,1-2H3. The van der Waals surface area contributed by atoms with Gasteiger partial charge in [-0.05, 0) is 29.5 Å². The van der Waals surface area contributed by atoms with Crippen molar-refractivity contribution in [1.82, 2.24) is 0 Å². The Balaban J connectivity index is 2.18. The lowest BCUT2D eigenvalue weighted by Crippen LogP contribution is -2.00. The first-order valence-electron chi connectivity index (χ1n) is 4.50. The number of benzene rings is 1. The number of hydrogen-bond acceptors (Lipinski definition) is 1. The van der Waals surface area contributed by atoms with Crippen LogP contribution in [-0.2, 0) is 12.2 Å². The second kappa shape index (κ2) is 3.14. The molecule has 1 aliphatic heterocycles. The maximum atomic E-state index is 2.37. The first-order chi connectivity index (χ1) is 5.75. The van der Waals surface area contributed by atoms with Crippen molar-refractivity contribution >= 4 is 11.8 Å². The predicted molar refractivity (Wildman–Crippen MR) is 54.5 cm³/mol. The van der Waals surface area contributed by atoms with Crippen molar-refractivity contribution < 1.29 is 0 Å². The van der Waals surface area contributed by atoms with Crippen molar-refractivity contribution in [3.05, 3.63) is 29.3 Å². The first kappa shape index (κ1) is 8.18. The van der Waals surface area contributed by atoms with Gasteiger partial charge in [0.05, 0.1) is 0 Å². The summed E-state index contributed by atoms with van der Waals surface area (Å²) < 4.78 is 0. The summed E-state index contributed by atoms with van der Waals surface area (Å²) in [5.41, 5.74) is 3.06. The van der Waals surface area contributed by atoms with Crippen LogP contribution in [0.25, 0.3) is 0 Å². The maximum Gasteiger partial charge on any atom is 0.0243 e. The number of rotatable bonds is 2. The van der Waals surface area contributed by atoms with Crippen LogP contribution in [0.2, 0.25) is 0 Å². The van der Waals surface area contributed by atoms with Crippen LogP contribution in [0, 0.1) is 5.92 Å². The highest BCUT2D eigenvalue weighted by atomic mass is 32.2. The summed E-state index contributed by atoms with van der Waals surface area (Å²) in [6.07, 6.45) is 1.22. The maximum absolute atomic E-state index is 2.37. The minimum Gasteiger partial charge on any atom is -0.121 e. The van der Waals surface area contributed by atoms with Gasteiger partial charge in [0.1, 0.15) is 0 Å². The molecule has 0 spiro atoms. The van der Waals surface area contributed by atoms with Crippen molar-refractivity contribution in [3.63, 3.8) is 0 Å². The Hall–Kier alpha value is -0.430. The van der Waals surface area contributed by atoms with Crippen molar-refractivity contribution in [2.45, 2.75) is 30.9 Å². The van der Waals surface area contributed by atoms with Crippen LogP contribution in [-0.4, -0.2) is 0 Å². The summed E-state index contributed by atoms with van der Waals surface area (Å²) in [5.74, 6) is 2.00. The van der Waals surface area contributed by atoms with Crippen LogP contribution in [0.4, 0.5) is 0 Å². The van der Waals surface area contributed by atoms with Crippen LogP contribution < -0.4 is 0 Å². The van der Waals surface area contributed by atoms with Gasteiger partial charge in [0, 0.05) is 10.6 Å². The van der Waals surface area contributed by atoms with Gasteiger partial charge in [-0.2, -0.15) is 0 Å². The molecule has 0 fully saturated rings. The van der Waals surface area contributed by atoms with Gasteiger partial charge in [0.2, 0.25) is 0 Å². The Morgan fingerprint density at radius 1 is 1.42 bits per heavy atom. The largest absolute Gasteiger partial charge is 0.121 e. The van der Waals surface area contributed by atoms with Gasteiger partial charge in [-0.3, -0.25) is 0 Å². The summed E-state index contributed by atoms with van der Waals surface area (Å²) in [6, 6.07) is 6.90. The van der Waals surface area contributed by atoms with E-state index >= 15 is 0 Å². The smallest absolute Gasteiger partial charge is 0.0243 e. The van der Waals surface area contributed by atoms with Gasteiger partial charge in [-0.15, -0.1) is 11.8 Å². The summed E-state index contributed by atoms with van der Waals surface area (Å²) >= 11 is 1.96. The lowest BCUT2D eigenvalue weighted by molar-refractivity contribution is 0.646. The zero-order chi connectivity index (χ0) is 8.55. The van der Waals surface area contributed by atoms with Gasteiger partial charge in [0.25, 0.3) is 0 Å². The molecule has 1 heterocycles. The molecular formula is C11H14S.